The van der Waals surface area contributed by atoms with Crippen LogP contribution in [-0.4, -0.2) is 37.3 Å². The number of benzene rings is 3. The van der Waals surface area contributed by atoms with Crippen LogP contribution in [0.2, 0.25) is 5.02 Å². The predicted molar refractivity (Wildman–Crippen MR) is 144 cm³/mol. The minimum absolute atomic E-state index is 0.122. The summed E-state index contributed by atoms with van der Waals surface area (Å²) in [5.41, 5.74) is 1.22. The first kappa shape index (κ1) is 27.7. The van der Waals surface area contributed by atoms with Crippen LogP contribution in [0.25, 0.3) is 0 Å². The molecule has 0 aliphatic rings. The van der Waals surface area contributed by atoms with Gasteiger partial charge in [0.15, 0.2) is 18.1 Å². The predicted octanol–water partition coefficient (Wildman–Crippen LogP) is 7.22. The lowest BCUT2D eigenvalue weighted by Gasteiger charge is -2.12. The van der Waals surface area contributed by atoms with Crippen molar-refractivity contribution in [1.29, 1.82) is 0 Å². The highest BCUT2D eigenvalue weighted by molar-refractivity contribution is 9.11. The van der Waals surface area contributed by atoms with Gasteiger partial charge in [-0.25, -0.2) is 4.79 Å². The second kappa shape index (κ2) is 13.4. The number of carbonyl (C=O) groups excluding carboxylic acids is 2. The molecule has 0 N–H and O–H groups in total. The molecule has 0 saturated heterocycles. The Morgan fingerprint density at radius 3 is 2.36 bits per heavy atom. The van der Waals surface area contributed by atoms with Gasteiger partial charge < -0.3 is 19.0 Å². The molecule has 0 aliphatic carbocycles. The maximum absolute atomic E-state index is 12.3. The molecular formula is C26H22Br2ClNO6. The average molecular weight is 640 g/mol. The molecule has 36 heavy (non-hydrogen) atoms. The van der Waals surface area contributed by atoms with Gasteiger partial charge in [0.1, 0.15) is 11.5 Å². The molecule has 3 rings (SSSR count). The summed E-state index contributed by atoms with van der Waals surface area (Å²) in [7, 11) is 0. The van der Waals surface area contributed by atoms with Gasteiger partial charge >= 0.3 is 5.97 Å². The highest BCUT2D eigenvalue weighted by atomic mass is 79.9. The number of halogens is 3. The summed E-state index contributed by atoms with van der Waals surface area (Å²) in [5, 5.41) is 4.42. The van der Waals surface area contributed by atoms with Gasteiger partial charge in [0, 0.05) is 16.7 Å². The molecule has 3 aromatic rings. The zero-order chi connectivity index (χ0) is 26.1. The van der Waals surface area contributed by atoms with E-state index in [2.05, 4.69) is 37.0 Å². The van der Waals surface area contributed by atoms with Crippen molar-refractivity contribution in [2.75, 3.05) is 13.2 Å². The van der Waals surface area contributed by atoms with Crippen LogP contribution < -0.4 is 9.47 Å². The van der Waals surface area contributed by atoms with Crippen molar-refractivity contribution in [3.05, 3.63) is 85.8 Å². The van der Waals surface area contributed by atoms with Gasteiger partial charge in [0.05, 0.1) is 21.8 Å². The molecule has 3 aromatic carbocycles. The molecule has 188 valence electrons. The second-order valence-corrected chi connectivity index (χ2v) is 9.49. The number of oxime groups is 1. The molecule has 0 heterocycles. The van der Waals surface area contributed by atoms with Crippen LogP contribution in [-0.2, 0) is 14.4 Å². The van der Waals surface area contributed by atoms with E-state index < -0.39 is 12.1 Å². The third kappa shape index (κ3) is 8.08. The average Bonchev–Trinajstić information content (AvgIpc) is 2.85. The zero-order valence-corrected chi connectivity index (χ0v) is 23.3. The molecular weight excluding hydrogens is 618 g/mol. The van der Waals surface area contributed by atoms with E-state index in [1.165, 1.54) is 6.21 Å². The molecule has 10 heteroatoms. The molecule has 1 unspecified atom stereocenters. The lowest BCUT2D eigenvalue weighted by atomic mass is 10.1. The summed E-state index contributed by atoms with van der Waals surface area (Å²) in [4.78, 5) is 29.1. The standard InChI is InChI=1S/C26H22Br2ClNO6/c1-3-33-26(32)16(2)36-30-14-17-11-22(27)25(23(28)12-17)35-21-6-4-5-20(13-21)34-15-24(31)18-7-9-19(29)10-8-18/h4-14,16H,3,15H2,1-2H3/b30-14+. The van der Waals surface area contributed by atoms with Crippen molar-refractivity contribution < 1.29 is 28.6 Å². The van der Waals surface area contributed by atoms with Crippen LogP contribution in [0.15, 0.2) is 74.8 Å². The summed E-state index contributed by atoms with van der Waals surface area (Å²) < 4.78 is 17.9. The first-order valence-corrected chi connectivity index (χ1v) is 12.8. The van der Waals surface area contributed by atoms with E-state index in [0.717, 1.165) is 0 Å². The zero-order valence-electron chi connectivity index (χ0n) is 19.4. The first-order valence-electron chi connectivity index (χ1n) is 10.8. The maximum Gasteiger partial charge on any atom is 0.349 e. The van der Waals surface area contributed by atoms with Crippen molar-refractivity contribution in [2.24, 2.45) is 5.16 Å². The Bertz CT molecular complexity index is 1230. The van der Waals surface area contributed by atoms with E-state index in [4.69, 9.17) is 30.6 Å². The number of hydrogen-bond donors (Lipinski definition) is 0. The summed E-state index contributed by atoms with van der Waals surface area (Å²) in [6.07, 6.45) is 0.660. The molecule has 0 spiro atoms. The van der Waals surface area contributed by atoms with Crippen molar-refractivity contribution in [2.45, 2.75) is 20.0 Å². The van der Waals surface area contributed by atoms with Gasteiger partial charge in [-0.3, -0.25) is 4.79 Å². The highest BCUT2D eigenvalue weighted by Gasteiger charge is 2.15. The van der Waals surface area contributed by atoms with Gasteiger partial charge in [0.2, 0.25) is 6.10 Å². The SMILES string of the molecule is CCOC(=O)C(C)O/N=C/c1cc(Br)c(Oc2cccc(OCC(=O)c3ccc(Cl)cc3)c2)c(Br)c1. The van der Waals surface area contributed by atoms with Crippen molar-refractivity contribution in [3.8, 4) is 17.2 Å². The Kier molecular flexibility index (Phi) is 10.3. The quantitative estimate of drug-likeness (QED) is 0.0954. The Morgan fingerprint density at radius 2 is 1.69 bits per heavy atom. The fraction of sp³-hybridized carbons (Fsp3) is 0.192. The minimum atomic E-state index is -0.813. The third-order valence-corrected chi connectivity index (χ3v) is 6.05. The molecule has 0 radical (unpaired) electrons. The fourth-order valence-corrected chi connectivity index (χ4v) is 4.36. The first-order chi connectivity index (χ1) is 17.3. The number of ether oxygens (including phenoxy) is 3. The molecule has 0 aliphatic heterocycles. The molecule has 0 aromatic heterocycles. The number of carbonyl (C=O) groups is 2. The molecule has 1 atom stereocenters. The Hall–Kier alpha value is -2.88. The maximum atomic E-state index is 12.3. The number of esters is 1. The van der Waals surface area contributed by atoms with E-state index in [-0.39, 0.29) is 19.0 Å². The normalized spacial score (nSPS) is 11.7. The molecule has 0 bridgehead atoms. The Morgan fingerprint density at radius 1 is 1.03 bits per heavy atom. The lowest BCUT2D eigenvalue weighted by molar-refractivity contribution is -0.155. The van der Waals surface area contributed by atoms with Gasteiger partial charge in [-0.1, -0.05) is 22.8 Å². The molecule has 0 amide bonds. The smallest absolute Gasteiger partial charge is 0.349 e. The van der Waals surface area contributed by atoms with Crippen LogP contribution in [0.3, 0.4) is 0 Å². The fourth-order valence-electron chi connectivity index (χ4n) is 2.85. The van der Waals surface area contributed by atoms with Crippen LogP contribution in [0, 0.1) is 0 Å². The number of nitrogens with zero attached hydrogens (tertiary/aromatic N) is 1. The van der Waals surface area contributed by atoms with Crippen LogP contribution in [0.4, 0.5) is 0 Å². The number of rotatable bonds is 11. The molecule has 0 fully saturated rings. The van der Waals surface area contributed by atoms with Crippen molar-refractivity contribution in [3.63, 3.8) is 0 Å². The summed E-state index contributed by atoms with van der Waals surface area (Å²) >= 11 is 12.9. The van der Waals surface area contributed by atoms with E-state index >= 15 is 0 Å². The highest BCUT2D eigenvalue weighted by Crippen LogP contribution is 2.38. The number of Topliss-reactive ketones (excluding diaryl/α,β-unsaturated/α-hetero) is 1. The molecule has 0 saturated carbocycles. The van der Waals surface area contributed by atoms with Gasteiger partial charge in [0.25, 0.3) is 0 Å². The Labute approximate surface area is 230 Å². The van der Waals surface area contributed by atoms with Crippen LogP contribution >= 0.6 is 43.5 Å². The van der Waals surface area contributed by atoms with Crippen molar-refractivity contribution in [1.82, 2.24) is 0 Å². The molecule has 7 nitrogen and oxygen atoms in total. The number of ketones is 1. The largest absolute Gasteiger partial charge is 0.485 e. The van der Waals surface area contributed by atoms with E-state index in [0.29, 0.717) is 42.3 Å². The summed E-state index contributed by atoms with van der Waals surface area (Å²) in [6.45, 7) is 3.43. The summed E-state index contributed by atoms with van der Waals surface area (Å²) in [6, 6.07) is 17.2. The van der Waals surface area contributed by atoms with E-state index in [1.54, 1.807) is 74.5 Å². The third-order valence-electron chi connectivity index (χ3n) is 4.62. The van der Waals surface area contributed by atoms with Gasteiger partial charge in [-0.05, 0) is 99.8 Å². The summed E-state index contributed by atoms with van der Waals surface area (Å²) in [5.74, 6) is 0.879. The van der Waals surface area contributed by atoms with Gasteiger partial charge in [-0.15, -0.1) is 0 Å². The number of hydrogen-bond acceptors (Lipinski definition) is 7. The van der Waals surface area contributed by atoms with Crippen LogP contribution in [0.1, 0.15) is 29.8 Å². The van der Waals surface area contributed by atoms with E-state index in [1.807, 2.05) is 0 Å². The Balaban J connectivity index is 1.63. The van der Waals surface area contributed by atoms with Gasteiger partial charge in [-0.2, -0.15) is 0 Å². The topological polar surface area (TPSA) is 83.4 Å². The van der Waals surface area contributed by atoms with E-state index in [9.17, 15) is 9.59 Å². The van der Waals surface area contributed by atoms with Crippen molar-refractivity contribution >= 4 is 61.4 Å². The lowest BCUT2D eigenvalue weighted by Crippen LogP contribution is -2.21. The van der Waals surface area contributed by atoms with Crippen LogP contribution in [0.5, 0.6) is 17.2 Å². The minimum Gasteiger partial charge on any atom is -0.485 e. The second-order valence-electron chi connectivity index (χ2n) is 7.34. The monoisotopic (exact) mass is 637 g/mol.